The summed E-state index contributed by atoms with van der Waals surface area (Å²) in [5, 5.41) is 10.7. The molecule has 7 nitrogen and oxygen atoms in total. The number of likely N-dealkylation sites (tertiary alicyclic amines) is 1. The quantitative estimate of drug-likeness (QED) is 0.400. The van der Waals surface area contributed by atoms with Crippen LogP contribution in [0, 0.1) is 25.7 Å². The second-order valence-electron chi connectivity index (χ2n) is 11.9. The number of benzene rings is 2. The van der Waals surface area contributed by atoms with Crippen molar-refractivity contribution in [3.63, 3.8) is 0 Å². The third-order valence-electron chi connectivity index (χ3n) is 9.19. The first-order valence-electron chi connectivity index (χ1n) is 14.7. The number of carbonyl (C=O) groups excluding carboxylic acids is 3. The smallest absolute Gasteiger partial charge is 0.251 e. The molecule has 0 radical (unpaired) electrons. The second-order valence-corrected chi connectivity index (χ2v) is 13.5. The molecule has 3 heterocycles. The maximum Gasteiger partial charge on any atom is 0.251 e. The molecule has 2 aromatic carbocycles. The Morgan fingerprint density at radius 2 is 1.83 bits per heavy atom. The summed E-state index contributed by atoms with van der Waals surface area (Å²) >= 11 is 1.65. The number of hydrogen-bond donors (Lipinski definition) is 1. The van der Waals surface area contributed by atoms with E-state index < -0.39 is 28.7 Å². The normalized spacial score (nSPS) is 26.6. The summed E-state index contributed by atoms with van der Waals surface area (Å²) in [6.07, 6.45) is 5.22. The Hall–Kier alpha value is -3.36. The van der Waals surface area contributed by atoms with Gasteiger partial charge in [0.2, 0.25) is 11.8 Å². The standard InChI is InChI=1S/C34H41N3O4S/c1-6-17-35(5)31(39)28-27-15-16-34(42-27)29(28)32(40)37(25(21-38)20-24-11-9-8-10-12-24)30(34)33(41)36(18-7-2)26-19-22(3)13-14-23(26)4/h6-14,19,25,27-30,38H,1-2,15-18,20-21H2,3-5H3/t25-,27+,28-,29+,30?,34?/m1/s1. The topological polar surface area (TPSA) is 81.2 Å². The molecule has 42 heavy (non-hydrogen) atoms. The Morgan fingerprint density at radius 1 is 1.12 bits per heavy atom. The minimum Gasteiger partial charge on any atom is -0.394 e. The first-order valence-corrected chi connectivity index (χ1v) is 15.6. The van der Waals surface area contributed by atoms with Crippen molar-refractivity contribution in [2.75, 3.05) is 31.6 Å². The first kappa shape index (κ1) is 30.1. The van der Waals surface area contributed by atoms with Crippen LogP contribution in [0.5, 0.6) is 0 Å². The summed E-state index contributed by atoms with van der Waals surface area (Å²) in [7, 11) is 1.74. The summed E-state index contributed by atoms with van der Waals surface area (Å²) in [5.74, 6) is -1.63. The van der Waals surface area contributed by atoms with Crippen molar-refractivity contribution < 1.29 is 19.5 Å². The minimum atomic E-state index is -0.826. The molecule has 1 spiro atoms. The van der Waals surface area contributed by atoms with Gasteiger partial charge in [0.05, 0.1) is 29.2 Å². The lowest BCUT2D eigenvalue weighted by molar-refractivity contribution is -0.144. The van der Waals surface area contributed by atoms with Gasteiger partial charge in [-0.3, -0.25) is 14.4 Å². The molecule has 0 saturated carbocycles. The lowest BCUT2D eigenvalue weighted by Crippen LogP contribution is -2.58. The average Bonchev–Trinajstić information content (AvgIpc) is 3.63. The minimum absolute atomic E-state index is 0.0357. The molecular weight excluding hydrogens is 546 g/mol. The number of likely N-dealkylation sites (N-methyl/N-ethyl adjacent to an activating group) is 1. The fraction of sp³-hybridized carbons (Fsp3) is 0.441. The summed E-state index contributed by atoms with van der Waals surface area (Å²) in [6.45, 7) is 12.1. The maximum atomic E-state index is 14.9. The van der Waals surface area contributed by atoms with Crippen molar-refractivity contribution in [1.29, 1.82) is 0 Å². The molecule has 0 aromatic heterocycles. The molecular formula is C34H41N3O4S. The van der Waals surface area contributed by atoms with Crippen molar-refractivity contribution in [2.24, 2.45) is 11.8 Å². The van der Waals surface area contributed by atoms with Gasteiger partial charge in [-0.2, -0.15) is 0 Å². The highest BCUT2D eigenvalue weighted by Crippen LogP contribution is 2.67. The number of amides is 3. The number of thioether (sulfide) groups is 1. The highest BCUT2D eigenvalue weighted by molar-refractivity contribution is 8.02. The lowest BCUT2D eigenvalue weighted by Gasteiger charge is -2.40. The van der Waals surface area contributed by atoms with Crippen molar-refractivity contribution >= 4 is 35.2 Å². The van der Waals surface area contributed by atoms with Crippen LogP contribution in [0.25, 0.3) is 0 Å². The van der Waals surface area contributed by atoms with E-state index >= 15 is 0 Å². The van der Waals surface area contributed by atoms with Crippen LogP contribution in [0.15, 0.2) is 73.8 Å². The molecule has 0 aliphatic carbocycles. The van der Waals surface area contributed by atoms with E-state index in [2.05, 4.69) is 13.2 Å². The van der Waals surface area contributed by atoms with Gasteiger partial charge in [-0.15, -0.1) is 24.9 Å². The van der Waals surface area contributed by atoms with Crippen LogP contribution in [-0.2, 0) is 20.8 Å². The molecule has 3 fully saturated rings. The molecule has 5 rings (SSSR count). The third-order valence-corrected chi connectivity index (χ3v) is 11.1. The van der Waals surface area contributed by atoms with E-state index in [9.17, 15) is 19.5 Å². The van der Waals surface area contributed by atoms with Crippen molar-refractivity contribution in [1.82, 2.24) is 9.80 Å². The number of aliphatic hydroxyl groups is 1. The monoisotopic (exact) mass is 587 g/mol. The highest BCUT2D eigenvalue weighted by Gasteiger charge is 2.74. The number of nitrogens with zero attached hydrogens (tertiary/aromatic N) is 3. The molecule has 2 aromatic rings. The molecule has 3 aliphatic rings. The van der Waals surface area contributed by atoms with Crippen LogP contribution < -0.4 is 4.90 Å². The largest absolute Gasteiger partial charge is 0.394 e. The first-order chi connectivity index (χ1) is 20.2. The van der Waals surface area contributed by atoms with Gasteiger partial charge in [-0.05, 0) is 55.9 Å². The van der Waals surface area contributed by atoms with Gasteiger partial charge >= 0.3 is 0 Å². The zero-order chi connectivity index (χ0) is 30.2. The zero-order valence-electron chi connectivity index (χ0n) is 24.7. The summed E-state index contributed by atoms with van der Waals surface area (Å²) < 4.78 is -0.755. The summed E-state index contributed by atoms with van der Waals surface area (Å²) in [5.41, 5.74) is 3.73. The predicted octanol–water partition coefficient (Wildman–Crippen LogP) is 4.16. The number of aryl methyl sites for hydroxylation is 2. The van der Waals surface area contributed by atoms with Crippen LogP contribution in [0.3, 0.4) is 0 Å². The van der Waals surface area contributed by atoms with Crippen LogP contribution in [0.2, 0.25) is 0 Å². The van der Waals surface area contributed by atoms with Crippen LogP contribution in [-0.4, -0.2) is 81.5 Å². The number of fused-ring (bicyclic) bond motifs is 1. The van der Waals surface area contributed by atoms with Gasteiger partial charge < -0.3 is 19.8 Å². The number of carbonyl (C=O) groups is 3. The van der Waals surface area contributed by atoms with Crippen molar-refractivity contribution in [2.45, 2.75) is 55.2 Å². The zero-order valence-corrected chi connectivity index (χ0v) is 25.6. The van der Waals surface area contributed by atoms with E-state index in [-0.39, 0.29) is 36.1 Å². The molecule has 1 N–H and O–H groups in total. The molecule has 222 valence electrons. The summed E-state index contributed by atoms with van der Waals surface area (Å²) in [6, 6.07) is 14.3. The van der Waals surface area contributed by atoms with E-state index in [0.717, 1.165) is 28.8 Å². The maximum absolute atomic E-state index is 14.9. The lowest BCUT2D eigenvalue weighted by atomic mass is 9.70. The Labute approximate surface area is 253 Å². The second kappa shape index (κ2) is 12.1. The van der Waals surface area contributed by atoms with Gasteiger partial charge in [0, 0.05) is 31.1 Å². The van der Waals surface area contributed by atoms with Crippen molar-refractivity contribution in [3.05, 3.63) is 90.5 Å². The van der Waals surface area contributed by atoms with Gasteiger partial charge in [-0.1, -0.05) is 54.6 Å². The Balaban J connectivity index is 1.63. The molecule has 3 amide bonds. The van der Waals surface area contributed by atoms with Crippen molar-refractivity contribution in [3.8, 4) is 0 Å². The molecule has 3 saturated heterocycles. The summed E-state index contributed by atoms with van der Waals surface area (Å²) in [4.78, 5) is 48.4. The fourth-order valence-corrected chi connectivity index (χ4v) is 9.51. The number of aliphatic hydroxyl groups excluding tert-OH is 1. The van der Waals surface area contributed by atoms with E-state index in [4.69, 9.17) is 0 Å². The van der Waals surface area contributed by atoms with E-state index in [1.54, 1.807) is 45.7 Å². The average molecular weight is 588 g/mol. The highest BCUT2D eigenvalue weighted by atomic mass is 32.2. The molecule has 2 bridgehead atoms. The van der Waals surface area contributed by atoms with Crippen LogP contribution in [0.1, 0.15) is 29.5 Å². The number of hydrogen-bond acceptors (Lipinski definition) is 5. The van der Waals surface area contributed by atoms with E-state index in [0.29, 0.717) is 19.4 Å². The Morgan fingerprint density at radius 3 is 2.50 bits per heavy atom. The molecule has 2 unspecified atom stereocenters. The van der Waals surface area contributed by atoms with Gasteiger partial charge in [0.25, 0.3) is 5.91 Å². The van der Waals surface area contributed by atoms with Gasteiger partial charge in [0.15, 0.2) is 0 Å². The number of anilines is 1. The Bertz CT molecular complexity index is 1380. The van der Waals surface area contributed by atoms with E-state index in [1.807, 2.05) is 62.4 Å². The van der Waals surface area contributed by atoms with Crippen LogP contribution in [0.4, 0.5) is 5.69 Å². The molecule has 6 atom stereocenters. The fourth-order valence-electron chi connectivity index (χ4n) is 7.31. The SMILES string of the molecule is C=CCN(C)C(=O)[C@@H]1[C@@H]2CCC3(S2)C(C(=O)N(CC=C)c2cc(C)ccc2C)N([C@@H](CO)Cc2ccccc2)C(=O)[C@H]13. The molecule has 8 heteroatoms. The predicted molar refractivity (Wildman–Crippen MR) is 168 cm³/mol. The molecule has 3 aliphatic heterocycles. The Kier molecular flexibility index (Phi) is 8.67. The van der Waals surface area contributed by atoms with E-state index in [1.165, 1.54) is 0 Å². The van der Waals surface area contributed by atoms with Crippen LogP contribution >= 0.6 is 11.8 Å². The third kappa shape index (κ3) is 4.98. The number of rotatable bonds is 11. The van der Waals surface area contributed by atoms with Gasteiger partial charge in [-0.25, -0.2) is 0 Å². The van der Waals surface area contributed by atoms with Gasteiger partial charge in [0.1, 0.15) is 6.04 Å².